The number of carbonyl (C=O) groups is 2. The van der Waals surface area contributed by atoms with Gasteiger partial charge in [-0.25, -0.2) is 0 Å². The van der Waals surface area contributed by atoms with Crippen LogP contribution in [-0.2, 0) is 14.3 Å². The first-order valence-corrected chi connectivity index (χ1v) is 5.59. The number of carbonyl (C=O) groups excluding carboxylic acids is 2. The van der Waals surface area contributed by atoms with Crippen molar-refractivity contribution in [2.75, 3.05) is 13.7 Å². The quantitative estimate of drug-likeness (QED) is 0.673. The Labute approximate surface area is 96.9 Å². The fraction of sp³-hybridized carbons (Fsp3) is 0.833. The highest BCUT2D eigenvalue weighted by atomic mass is 16.5. The zero-order chi connectivity index (χ0) is 12.6. The van der Waals surface area contributed by atoms with E-state index in [0.717, 1.165) is 6.42 Å². The lowest BCUT2D eigenvalue weighted by molar-refractivity contribution is -0.160. The van der Waals surface area contributed by atoms with Crippen molar-refractivity contribution in [3.8, 4) is 0 Å². The number of hydrogen-bond donors (Lipinski definition) is 0. The summed E-state index contributed by atoms with van der Waals surface area (Å²) in [4.78, 5) is 24.8. The number of likely N-dealkylation sites (tertiary alicyclic amines) is 1. The highest BCUT2D eigenvalue weighted by Gasteiger charge is 2.48. The van der Waals surface area contributed by atoms with Crippen molar-refractivity contribution in [2.45, 2.75) is 46.1 Å². The van der Waals surface area contributed by atoms with Crippen LogP contribution in [0.3, 0.4) is 0 Å². The molecule has 0 atom stereocenters. The monoisotopic (exact) mass is 227 g/mol. The van der Waals surface area contributed by atoms with E-state index in [9.17, 15) is 9.59 Å². The molecule has 4 nitrogen and oxygen atoms in total. The molecule has 0 aliphatic carbocycles. The number of esters is 1. The molecule has 0 N–H and O–H groups in total. The van der Waals surface area contributed by atoms with Crippen LogP contribution in [0.15, 0.2) is 0 Å². The third kappa shape index (κ3) is 2.06. The standard InChI is InChI=1S/C12H21NO3/c1-11(2)7-6-9(14)13(12(11,3)4)8-10(15)16-5/h6-8H2,1-5H3. The molecule has 0 saturated carbocycles. The minimum Gasteiger partial charge on any atom is -0.468 e. The molecule has 1 rings (SSSR count). The molecular weight excluding hydrogens is 206 g/mol. The van der Waals surface area contributed by atoms with Crippen LogP contribution in [0.25, 0.3) is 0 Å². The van der Waals surface area contributed by atoms with Crippen molar-refractivity contribution < 1.29 is 14.3 Å². The number of ether oxygens (including phenoxy) is 1. The normalized spacial score (nSPS) is 23.1. The van der Waals surface area contributed by atoms with Gasteiger partial charge in [-0.3, -0.25) is 9.59 Å². The average molecular weight is 227 g/mol. The van der Waals surface area contributed by atoms with Crippen LogP contribution >= 0.6 is 0 Å². The number of amides is 1. The predicted octanol–water partition coefficient (Wildman–Crippen LogP) is 1.59. The van der Waals surface area contributed by atoms with E-state index in [2.05, 4.69) is 18.6 Å². The third-order valence-electron chi connectivity index (χ3n) is 4.11. The molecule has 0 bridgehead atoms. The summed E-state index contributed by atoms with van der Waals surface area (Å²) < 4.78 is 4.63. The highest BCUT2D eigenvalue weighted by Crippen LogP contribution is 2.43. The van der Waals surface area contributed by atoms with Crippen LogP contribution in [0.1, 0.15) is 40.5 Å². The molecule has 92 valence electrons. The highest BCUT2D eigenvalue weighted by molar-refractivity contribution is 5.83. The maximum absolute atomic E-state index is 11.9. The Morgan fingerprint density at radius 1 is 1.38 bits per heavy atom. The van der Waals surface area contributed by atoms with Crippen LogP contribution in [0.4, 0.5) is 0 Å². The Kier molecular flexibility index (Phi) is 3.31. The van der Waals surface area contributed by atoms with Gasteiger partial charge in [-0.05, 0) is 25.7 Å². The number of methoxy groups -OCH3 is 1. The molecule has 16 heavy (non-hydrogen) atoms. The summed E-state index contributed by atoms with van der Waals surface area (Å²) in [5.74, 6) is -0.325. The summed E-state index contributed by atoms with van der Waals surface area (Å²) in [6.07, 6.45) is 1.37. The van der Waals surface area contributed by atoms with E-state index in [-0.39, 0.29) is 29.4 Å². The molecular formula is C12H21NO3. The molecule has 4 heteroatoms. The van der Waals surface area contributed by atoms with E-state index >= 15 is 0 Å². The molecule has 1 aliphatic rings. The molecule has 1 saturated heterocycles. The largest absolute Gasteiger partial charge is 0.468 e. The smallest absolute Gasteiger partial charge is 0.325 e. The summed E-state index contributed by atoms with van der Waals surface area (Å²) in [6, 6.07) is 0. The van der Waals surface area contributed by atoms with Gasteiger partial charge < -0.3 is 9.64 Å². The Morgan fingerprint density at radius 3 is 2.44 bits per heavy atom. The first kappa shape index (κ1) is 13.0. The van der Waals surface area contributed by atoms with Crippen molar-refractivity contribution in [1.82, 2.24) is 4.90 Å². The van der Waals surface area contributed by atoms with Crippen LogP contribution < -0.4 is 0 Å². The van der Waals surface area contributed by atoms with Gasteiger partial charge >= 0.3 is 5.97 Å². The van der Waals surface area contributed by atoms with Crippen molar-refractivity contribution >= 4 is 11.9 Å². The Balaban J connectivity index is 2.94. The number of rotatable bonds is 2. The van der Waals surface area contributed by atoms with E-state index in [1.165, 1.54) is 7.11 Å². The lowest BCUT2D eigenvalue weighted by Crippen LogP contribution is -2.61. The number of nitrogens with zero attached hydrogens (tertiary/aromatic N) is 1. The van der Waals surface area contributed by atoms with Gasteiger partial charge in [0, 0.05) is 12.0 Å². The first-order valence-electron chi connectivity index (χ1n) is 5.59. The van der Waals surface area contributed by atoms with Gasteiger partial charge in [-0.2, -0.15) is 0 Å². The van der Waals surface area contributed by atoms with Gasteiger partial charge in [0.1, 0.15) is 6.54 Å². The lowest BCUT2D eigenvalue weighted by Gasteiger charge is -2.52. The van der Waals surface area contributed by atoms with Crippen molar-refractivity contribution in [1.29, 1.82) is 0 Å². The van der Waals surface area contributed by atoms with E-state index in [1.54, 1.807) is 4.90 Å². The number of piperidine rings is 1. The van der Waals surface area contributed by atoms with Gasteiger partial charge in [-0.15, -0.1) is 0 Å². The second-order valence-corrected chi connectivity index (χ2v) is 5.50. The van der Waals surface area contributed by atoms with E-state index in [0.29, 0.717) is 6.42 Å². The zero-order valence-corrected chi connectivity index (χ0v) is 10.8. The van der Waals surface area contributed by atoms with Gasteiger partial charge in [-0.1, -0.05) is 13.8 Å². The number of hydrogen-bond acceptors (Lipinski definition) is 3. The van der Waals surface area contributed by atoms with Crippen LogP contribution in [0.5, 0.6) is 0 Å². The lowest BCUT2D eigenvalue weighted by atomic mass is 9.68. The minimum atomic E-state index is -0.362. The summed E-state index contributed by atoms with van der Waals surface area (Å²) in [5.41, 5.74) is -0.314. The van der Waals surface area contributed by atoms with Crippen molar-refractivity contribution in [2.24, 2.45) is 5.41 Å². The van der Waals surface area contributed by atoms with Gasteiger partial charge in [0.25, 0.3) is 0 Å². The van der Waals surface area contributed by atoms with Crippen LogP contribution in [0.2, 0.25) is 0 Å². The minimum absolute atomic E-state index is 0.00886. The summed E-state index contributed by atoms with van der Waals surface area (Å²) >= 11 is 0. The molecule has 0 aromatic rings. The van der Waals surface area contributed by atoms with Gasteiger partial charge in [0.15, 0.2) is 0 Å². The third-order valence-corrected chi connectivity index (χ3v) is 4.11. The Hall–Kier alpha value is -1.06. The summed E-state index contributed by atoms with van der Waals surface area (Å²) in [7, 11) is 1.34. The second-order valence-electron chi connectivity index (χ2n) is 5.50. The molecule has 1 aliphatic heterocycles. The Morgan fingerprint density at radius 2 is 1.94 bits per heavy atom. The molecule has 1 heterocycles. The molecule has 0 aromatic heterocycles. The maximum atomic E-state index is 11.9. The molecule has 0 unspecified atom stereocenters. The molecule has 0 aromatic carbocycles. The fourth-order valence-electron chi connectivity index (χ4n) is 2.02. The Bertz CT molecular complexity index is 307. The SMILES string of the molecule is COC(=O)CN1C(=O)CCC(C)(C)C1(C)C. The van der Waals surface area contributed by atoms with Crippen LogP contribution in [0, 0.1) is 5.41 Å². The second kappa shape index (κ2) is 4.07. The molecule has 0 radical (unpaired) electrons. The van der Waals surface area contributed by atoms with Crippen LogP contribution in [-0.4, -0.2) is 36.0 Å². The zero-order valence-electron chi connectivity index (χ0n) is 10.8. The average Bonchev–Trinajstić information content (AvgIpc) is 2.19. The van der Waals surface area contributed by atoms with E-state index in [1.807, 2.05) is 13.8 Å². The van der Waals surface area contributed by atoms with E-state index < -0.39 is 0 Å². The predicted molar refractivity (Wildman–Crippen MR) is 60.8 cm³/mol. The topological polar surface area (TPSA) is 46.6 Å². The molecule has 0 spiro atoms. The van der Waals surface area contributed by atoms with Crippen molar-refractivity contribution in [3.63, 3.8) is 0 Å². The maximum Gasteiger partial charge on any atom is 0.325 e. The summed E-state index contributed by atoms with van der Waals surface area (Å²) in [5, 5.41) is 0. The molecule has 1 amide bonds. The van der Waals surface area contributed by atoms with Gasteiger partial charge in [0.05, 0.1) is 7.11 Å². The van der Waals surface area contributed by atoms with Gasteiger partial charge in [0.2, 0.25) is 5.91 Å². The first-order chi connectivity index (χ1) is 7.22. The molecule has 1 fully saturated rings. The van der Waals surface area contributed by atoms with Crippen molar-refractivity contribution in [3.05, 3.63) is 0 Å². The van der Waals surface area contributed by atoms with E-state index in [4.69, 9.17) is 0 Å². The fourth-order valence-corrected chi connectivity index (χ4v) is 2.02. The summed E-state index contributed by atoms with van der Waals surface area (Å²) in [6.45, 7) is 8.32.